The molecule has 0 radical (unpaired) electrons. The zero-order valence-electron chi connectivity index (χ0n) is 8.45. The number of rotatable bonds is 5. The zero-order chi connectivity index (χ0) is 10.7. The normalized spacial score (nSPS) is 15.5. The van der Waals surface area contributed by atoms with Crippen molar-refractivity contribution in [3.05, 3.63) is 27.9 Å². The van der Waals surface area contributed by atoms with Crippen molar-refractivity contribution in [1.82, 2.24) is 14.9 Å². The van der Waals surface area contributed by atoms with Crippen molar-refractivity contribution in [3.63, 3.8) is 0 Å². The average Bonchev–Trinajstić information content (AvgIpc) is 3.01. The highest BCUT2D eigenvalue weighted by molar-refractivity contribution is 6.30. The molecule has 1 aliphatic rings. The van der Waals surface area contributed by atoms with Crippen LogP contribution in [0.2, 0.25) is 5.02 Å². The molecule has 0 atom stereocenters. The number of hydrogen-bond acceptors (Lipinski definition) is 3. The molecule has 1 aromatic heterocycles. The predicted octanol–water partition coefficient (Wildman–Crippen LogP) is 1.04. The second-order valence-electron chi connectivity index (χ2n) is 3.83. The smallest absolute Gasteiger partial charge is 0.314 e. The highest BCUT2D eigenvalue weighted by atomic mass is 35.5. The van der Waals surface area contributed by atoms with Crippen LogP contribution in [-0.4, -0.2) is 22.1 Å². The lowest BCUT2D eigenvalue weighted by Crippen LogP contribution is -2.25. The number of aromatic nitrogens is 2. The average molecular weight is 228 g/mol. The minimum absolute atomic E-state index is 0.231. The SMILES string of the molecule is O=c1ncc(Cl)cn1CCCNC1CC1. The van der Waals surface area contributed by atoms with E-state index in [0.29, 0.717) is 11.6 Å². The van der Waals surface area contributed by atoms with Gasteiger partial charge in [-0.1, -0.05) is 11.6 Å². The van der Waals surface area contributed by atoms with E-state index in [-0.39, 0.29) is 5.69 Å². The van der Waals surface area contributed by atoms with E-state index in [1.165, 1.54) is 19.0 Å². The van der Waals surface area contributed by atoms with E-state index in [1.807, 2.05) is 0 Å². The summed E-state index contributed by atoms with van der Waals surface area (Å²) in [5.74, 6) is 0. The summed E-state index contributed by atoms with van der Waals surface area (Å²) in [5.41, 5.74) is -0.231. The topological polar surface area (TPSA) is 46.9 Å². The molecule has 1 N–H and O–H groups in total. The molecule has 0 amide bonds. The fourth-order valence-corrected chi connectivity index (χ4v) is 1.60. The van der Waals surface area contributed by atoms with Gasteiger partial charge in [-0.15, -0.1) is 0 Å². The number of halogens is 1. The Balaban J connectivity index is 1.81. The van der Waals surface area contributed by atoms with Crippen LogP contribution in [0.15, 0.2) is 17.2 Å². The Kier molecular flexibility index (Phi) is 3.38. The molecule has 82 valence electrons. The molecule has 1 saturated carbocycles. The van der Waals surface area contributed by atoms with E-state index >= 15 is 0 Å². The molecule has 5 heteroatoms. The van der Waals surface area contributed by atoms with Gasteiger partial charge in [-0.3, -0.25) is 4.57 Å². The molecule has 0 bridgehead atoms. The third-order valence-corrected chi connectivity index (χ3v) is 2.60. The maximum atomic E-state index is 11.3. The summed E-state index contributed by atoms with van der Waals surface area (Å²) in [5, 5.41) is 3.90. The van der Waals surface area contributed by atoms with Gasteiger partial charge in [0, 0.05) is 18.8 Å². The standard InChI is InChI=1S/C10H14ClN3O/c11-8-6-13-10(15)14(7-8)5-1-4-12-9-2-3-9/h6-7,9,12H,1-5H2. The maximum Gasteiger partial charge on any atom is 0.347 e. The van der Waals surface area contributed by atoms with Gasteiger partial charge in [0.15, 0.2) is 0 Å². The van der Waals surface area contributed by atoms with Crippen LogP contribution in [-0.2, 0) is 6.54 Å². The van der Waals surface area contributed by atoms with E-state index < -0.39 is 0 Å². The fourth-order valence-electron chi connectivity index (χ4n) is 1.43. The van der Waals surface area contributed by atoms with Crippen LogP contribution in [0.25, 0.3) is 0 Å². The number of nitrogens with zero attached hydrogens (tertiary/aromatic N) is 2. The minimum atomic E-state index is -0.231. The van der Waals surface area contributed by atoms with Gasteiger partial charge in [0.05, 0.1) is 11.2 Å². The number of hydrogen-bond donors (Lipinski definition) is 1. The summed E-state index contributed by atoms with van der Waals surface area (Å²) >= 11 is 5.75. The predicted molar refractivity (Wildman–Crippen MR) is 59.1 cm³/mol. The van der Waals surface area contributed by atoms with E-state index in [2.05, 4.69) is 10.3 Å². The molecule has 0 spiro atoms. The molecule has 1 fully saturated rings. The van der Waals surface area contributed by atoms with E-state index in [9.17, 15) is 4.79 Å². The quantitative estimate of drug-likeness (QED) is 0.765. The Morgan fingerprint density at radius 2 is 2.40 bits per heavy atom. The largest absolute Gasteiger partial charge is 0.347 e. The highest BCUT2D eigenvalue weighted by Crippen LogP contribution is 2.18. The number of aryl methyl sites for hydroxylation is 1. The molecule has 4 nitrogen and oxygen atoms in total. The van der Waals surface area contributed by atoms with Crippen molar-refractivity contribution in [2.45, 2.75) is 31.8 Å². The van der Waals surface area contributed by atoms with Gasteiger partial charge in [-0.2, -0.15) is 0 Å². The van der Waals surface area contributed by atoms with Crippen LogP contribution in [0.3, 0.4) is 0 Å². The first kappa shape index (κ1) is 10.6. The molecule has 2 rings (SSSR count). The lowest BCUT2D eigenvalue weighted by atomic mass is 10.4. The van der Waals surface area contributed by atoms with Crippen molar-refractivity contribution in [2.24, 2.45) is 0 Å². The Bertz CT molecular complexity index is 386. The van der Waals surface area contributed by atoms with Crippen LogP contribution >= 0.6 is 11.6 Å². The van der Waals surface area contributed by atoms with Crippen LogP contribution in [0.4, 0.5) is 0 Å². The van der Waals surface area contributed by atoms with Crippen LogP contribution in [0.1, 0.15) is 19.3 Å². The molecular formula is C10H14ClN3O. The first-order chi connectivity index (χ1) is 7.25. The molecule has 0 saturated heterocycles. The molecule has 1 aliphatic carbocycles. The van der Waals surface area contributed by atoms with Crippen molar-refractivity contribution < 1.29 is 0 Å². The molecule has 1 aromatic rings. The second kappa shape index (κ2) is 4.77. The molecule has 0 unspecified atom stereocenters. The van der Waals surface area contributed by atoms with E-state index in [4.69, 9.17) is 11.6 Å². The monoisotopic (exact) mass is 227 g/mol. The van der Waals surface area contributed by atoms with Gasteiger partial charge in [-0.05, 0) is 25.8 Å². The van der Waals surface area contributed by atoms with Crippen molar-refractivity contribution in [3.8, 4) is 0 Å². The Morgan fingerprint density at radius 3 is 3.13 bits per heavy atom. The summed E-state index contributed by atoms with van der Waals surface area (Å²) < 4.78 is 1.55. The third-order valence-electron chi connectivity index (χ3n) is 2.41. The molecule has 1 heterocycles. The minimum Gasteiger partial charge on any atom is -0.314 e. The highest BCUT2D eigenvalue weighted by Gasteiger charge is 2.19. The second-order valence-corrected chi connectivity index (χ2v) is 4.27. The van der Waals surface area contributed by atoms with E-state index in [0.717, 1.165) is 19.0 Å². The summed E-state index contributed by atoms with van der Waals surface area (Å²) in [4.78, 5) is 14.9. The van der Waals surface area contributed by atoms with Gasteiger partial charge < -0.3 is 5.32 Å². The Labute approximate surface area is 93.3 Å². The van der Waals surface area contributed by atoms with Crippen LogP contribution in [0.5, 0.6) is 0 Å². The molecule has 15 heavy (non-hydrogen) atoms. The van der Waals surface area contributed by atoms with Crippen molar-refractivity contribution in [2.75, 3.05) is 6.54 Å². The van der Waals surface area contributed by atoms with Crippen molar-refractivity contribution in [1.29, 1.82) is 0 Å². The molecule has 0 aromatic carbocycles. The summed E-state index contributed by atoms with van der Waals surface area (Å²) in [6, 6.07) is 0.721. The summed E-state index contributed by atoms with van der Waals surface area (Å²) in [6.45, 7) is 1.62. The first-order valence-corrected chi connectivity index (χ1v) is 5.59. The van der Waals surface area contributed by atoms with Gasteiger partial charge in [-0.25, -0.2) is 9.78 Å². The maximum absolute atomic E-state index is 11.3. The fraction of sp³-hybridized carbons (Fsp3) is 0.600. The Hall–Kier alpha value is -0.870. The lowest BCUT2D eigenvalue weighted by molar-refractivity contribution is 0.561. The third kappa shape index (κ3) is 3.32. The van der Waals surface area contributed by atoms with E-state index in [1.54, 1.807) is 10.8 Å². The number of nitrogens with one attached hydrogen (secondary N) is 1. The van der Waals surface area contributed by atoms with Gasteiger partial charge in [0.2, 0.25) is 0 Å². The summed E-state index contributed by atoms with van der Waals surface area (Å²) in [6.07, 6.45) is 6.52. The zero-order valence-corrected chi connectivity index (χ0v) is 9.20. The molecule has 0 aliphatic heterocycles. The Morgan fingerprint density at radius 1 is 1.60 bits per heavy atom. The van der Waals surface area contributed by atoms with Crippen LogP contribution in [0, 0.1) is 0 Å². The van der Waals surface area contributed by atoms with Crippen LogP contribution < -0.4 is 11.0 Å². The van der Waals surface area contributed by atoms with Gasteiger partial charge in [0.1, 0.15) is 0 Å². The first-order valence-electron chi connectivity index (χ1n) is 5.21. The van der Waals surface area contributed by atoms with Gasteiger partial charge in [0.25, 0.3) is 0 Å². The lowest BCUT2D eigenvalue weighted by Gasteiger charge is -2.05. The van der Waals surface area contributed by atoms with Crippen molar-refractivity contribution >= 4 is 11.6 Å². The summed E-state index contributed by atoms with van der Waals surface area (Å²) in [7, 11) is 0. The molecular weight excluding hydrogens is 214 g/mol. The van der Waals surface area contributed by atoms with Gasteiger partial charge >= 0.3 is 5.69 Å².